The van der Waals surface area contributed by atoms with Crippen LogP contribution in [0.1, 0.15) is 0 Å². The molecule has 56 valence electrons. The van der Waals surface area contributed by atoms with Crippen molar-refractivity contribution in [2.45, 2.75) is 5.94 Å². The van der Waals surface area contributed by atoms with Gasteiger partial charge in [-0.2, -0.15) is 0 Å². The maximum absolute atomic E-state index is 5.67. The summed E-state index contributed by atoms with van der Waals surface area (Å²) >= 11 is 0. The lowest BCUT2D eigenvalue weighted by Gasteiger charge is -2.11. The number of rotatable bonds is 0. The summed E-state index contributed by atoms with van der Waals surface area (Å²) < 4.78 is 0. The zero-order valence-electron chi connectivity index (χ0n) is 6.19. The van der Waals surface area contributed by atoms with Crippen LogP contribution in [-0.4, -0.2) is 46.5 Å². The highest BCUT2D eigenvalue weighted by Crippen LogP contribution is 1.74. The molecule has 0 aliphatic carbocycles. The van der Waals surface area contributed by atoms with Crippen LogP contribution in [0.5, 0.6) is 0 Å². The third kappa shape index (κ3) is 3.20. The summed E-state index contributed by atoms with van der Waals surface area (Å²) in [5.41, 5.74) is 0. The van der Waals surface area contributed by atoms with Gasteiger partial charge in [-0.1, -0.05) is 0 Å². The Balaban J connectivity index is 2.15. The van der Waals surface area contributed by atoms with E-state index < -0.39 is 0 Å². The van der Waals surface area contributed by atoms with Crippen LogP contribution in [0.3, 0.4) is 0 Å². The number of nitrogens with one attached hydrogen (secondary N) is 3. The summed E-state index contributed by atoms with van der Waals surface area (Å²) in [6.45, 7) is 4.88. The second-order valence-corrected chi connectivity index (χ2v) is 2.51. The van der Waals surface area contributed by atoms with E-state index in [1.807, 2.05) is 0 Å². The van der Waals surface area contributed by atoms with Crippen molar-refractivity contribution >= 4 is 7.85 Å². The van der Waals surface area contributed by atoms with E-state index in [1.165, 1.54) is 0 Å². The molecule has 1 aliphatic heterocycles. The monoisotopic (exact) mass is 139 g/mol. The van der Waals surface area contributed by atoms with Crippen LogP contribution in [0.15, 0.2) is 0 Å². The Labute approximate surface area is 63.4 Å². The third-order valence-corrected chi connectivity index (χ3v) is 1.55. The van der Waals surface area contributed by atoms with E-state index in [2.05, 4.69) is 16.0 Å². The van der Waals surface area contributed by atoms with Crippen LogP contribution in [0.2, 0.25) is 0 Å². The fourth-order valence-corrected chi connectivity index (χ4v) is 0.977. The summed E-state index contributed by atoms with van der Waals surface area (Å²) in [5.74, 6) is 0.111. The fraction of sp³-hybridized carbons (Fsp3) is 1.00. The zero-order chi connectivity index (χ0) is 7.23. The van der Waals surface area contributed by atoms with Gasteiger partial charge in [0.1, 0.15) is 0 Å². The predicted molar refractivity (Wildman–Crippen MR) is 43.3 cm³/mol. The molecule has 1 aliphatic rings. The van der Waals surface area contributed by atoms with Gasteiger partial charge in [0, 0.05) is 32.7 Å². The Morgan fingerprint density at radius 3 is 2.60 bits per heavy atom. The van der Waals surface area contributed by atoms with Gasteiger partial charge in [-0.15, -0.1) is 0 Å². The molecule has 1 atom stereocenters. The maximum atomic E-state index is 5.67. The lowest BCUT2D eigenvalue weighted by Crippen LogP contribution is -2.39. The molecule has 3 nitrogen and oxygen atoms in total. The standard InChI is InChI=1S/C6H14BN3/c7-6-5-9-2-1-8-3-4-10-6/h6,8-10H,1-5H2. The van der Waals surface area contributed by atoms with E-state index in [4.69, 9.17) is 7.85 Å². The van der Waals surface area contributed by atoms with Crippen molar-refractivity contribution in [3.8, 4) is 0 Å². The highest BCUT2D eigenvalue weighted by atomic mass is 15.0. The SMILES string of the molecule is [B]C1CNCCNCCN1. The predicted octanol–water partition coefficient (Wildman–Crippen LogP) is -1.74. The molecular weight excluding hydrogens is 125 g/mol. The van der Waals surface area contributed by atoms with E-state index in [-0.39, 0.29) is 5.94 Å². The molecular formula is C6H14BN3. The number of hydrogen-bond acceptors (Lipinski definition) is 3. The smallest absolute Gasteiger partial charge is 0.0924 e. The Morgan fingerprint density at radius 2 is 1.70 bits per heavy atom. The highest BCUT2D eigenvalue weighted by molar-refractivity contribution is 6.11. The quantitative estimate of drug-likeness (QED) is 0.349. The van der Waals surface area contributed by atoms with Gasteiger partial charge in [-0.25, -0.2) is 0 Å². The van der Waals surface area contributed by atoms with Gasteiger partial charge in [0.05, 0.1) is 7.85 Å². The summed E-state index contributed by atoms with van der Waals surface area (Å²) in [4.78, 5) is 0. The van der Waals surface area contributed by atoms with Crippen molar-refractivity contribution in [1.29, 1.82) is 0 Å². The molecule has 1 unspecified atom stereocenters. The summed E-state index contributed by atoms with van der Waals surface area (Å²) in [6.07, 6.45) is 0. The van der Waals surface area contributed by atoms with Crippen LogP contribution < -0.4 is 16.0 Å². The van der Waals surface area contributed by atoms with Crippen LogP contribution in [0, 0.1) is 0 Å². The van der Waals surface area contributed by atoms with E-state index in [1.54, 1.807) is 0 Å². The van der Waals surface area contributed by atoms with E-state index in [0.29, 0.717) is 0 Å². The molecule has 0 spiro atoms. The second-order valence-electron chi connectivity index (χ2n) is 2.51. The average Bonchev–Trinajstić information content (AvgIpc) is 2.02. The topological polar surface area (TPSA) is 36.1 Å². The lowest BCUT2D eigenvalue weighted by molar-refractivity contribution is 0.607. The lowest BCUT2D eigenvalue weighted by atomic mass is 9.97. The Morgan fingerprint density at radius 1 is 1.00 bits per heavy atom. The molecule has 2 radical (unpaired) electrons. The van der Waals surface area contributed by atoms with Crippen molar-refractivity contribution in [3.05, 3.63) is 0 Å². The molecule has 0 amide bonds. The van der Waals surface area contributed by atoms with Gasteiger partial charge in [0.2, 0.25) is 0 Å². The minimum absolute atomic E-state index is 0.111. The molecule has 1 fully saturated rings. The molecule has 0 saturated carbocycles. The van der Waals surface area contributed by atoms with Crippen LogP contribution in [0.25, 0.3) is 0 Å². The van der Waals surface area contributed by atoms with Crippen molar-refractivity contribution in [1.82, 2.24) is 16.0 Å². The maximum Gasteiger partial charge on any atom is 0.0924 e. The molecule has 10 heavy (non-hydrogen) atoms. The summed E-state index contributed by atoms with van der Waals surface area (Å²) in [5, 5.41) is 9.67. The van der Waals surface area contributed by atoms with Gasteiger partial charge >= 0.3 is 0 Å². The third-order valence-electron chi connectivity index (χ3n) is 1.55. The van der Waals surface area contributed by atoms with E-state index in [9.17, 15) is 0 Å². The Hall–Kier alpha value is -0.0551. The van der Waals surface area contributed by atoms with Crippen LogP contribution in [0.4, 0.5) is 0 Å². The molecule has 0 aromatic heterocycles. The first-order valence-corrected chi connectivity index (χ1v) is 3.80. The molecule has 1 heterocycles. The van der Waals surface area contributed by atoms with Crippen LogP contribution >= 0.6 is 0 Å². The fourth-order valence-electron chi connectivity index (χ4n) is 0.977. The van der Waals surface area contributed by atoms with E-state index >= 15 is 0 Å². The first-order chi connectivity index (χ1) is 4.89. The minimum Gasteiger partial charge on any atom is -0.320 e. The highest BCUT2D eigenvalue weighted by Gasteiger charge is 2.00. The molecule has 0 aromatic carbocycles. The average molecular weight is 139 g/mol. The number of hydrogen-bond donors (Lipinski definition) is 3. The van der Waals surface area contributed by atoms with Crippen molar-refractivity contribution in [3.63, 3.8) is 0 Å². The van der Waals surface area contributed by atoms with Crippen LogP contribution in [-0.2, 0) is 0 Å². The molecule has 0 bridgehead atoms. The van der Waals surface area contributed by atoms with E-state index in [0.717, 1.165) is 32.7 Å². The first-order valence-electron chi connectivity index (χ1n) is 3.80. The van der Waals surface area contributed by atoms with Crippen molar-refractivity contribution in [2.24, 2.45) is 0 Å². The molecule has 3 N–H and O–H groups in total. The van der Waals surface area contributed by atoms with Gasteiger partial charge in [0.25, 0.3) is 0 Å². The Kier molecular flexibility index (Phi) is 3.79. The second kappa shape index (κ2) is 4.71. The molecule has 0 aromatic rings. The van der Waals surface area contributed by atoms with Crippen molar-refractivity contribution < 1.29 is 0 Å². The van der Waals surface area contributed by atoms with Gasteiger partial charge < -0.3 is 16.0 Å². The minimum atomic E-state index is 0.111. The largest absolute Gasteiger partial charge is 0.320 e. The molecule has 4 heteroatoms. The Bertz CT molecular complexity index is 79.1. The van der Waals surface area contributed by atoms with Gasteiger partial charge in [0.15, 0.2) is 0 Å². The molecule has 1 saturated heterocycles. The van der Waals surface area contributed by atoms with Gasteiger partial charge in [-0.05, 0) is 5.94 Å². The summed E-state index contributed by atoms with van der Waals surface area (Å²) in [7, 11) is 5.67. The zero-order valence-corrected chi connectivity index (χ0v) is 6.19. The summed E-state index contributed by atoms with van der Waals surface area (Å²) in [6, 6.07) is 0. The van der Waals surface area contributed by atoms with Gasteiger partial charge in [-0.3, -0.25) is 0 Å². The normalized spacial score (nSPS) is 30.2. The first kappa shape index (κ1) is 8.05. The van der Waals surface area contributed by atoms with Crippen molar-refractivity contribution in [2.75, 3.05) is 32.7 Å². The molecule has 1 rings (SSSR count).